The Hall–Kier alpha value is -2.17. The van der Waals surface area contributed by atoms with Crippen molar-refractivity contribution in [2.45, 2.75) is 25.8 Å². The summed E-state index contributed by atoms with van der Waals surface area (Å²) < 4.78 is 0. The average molecular weight is 262 g/mol. The summed E-state index contributed by atoms with van der Waals surface area (Å²) in [6.07, 6.45) is 1.14. The smallest absolute Gasteiger partial charge is 0.251 e. The number of aryl methyl sites for hydroxylation is 1. The van der Waals surface area contributed by atoms with Gasteiger partial charge in [-0.2, -0.15) is 0 Å². The van der Waals surface area contributed by atoms with Crippen LogP contribution < -0.4 is 10.6 Å². The van der Waals surface area contributed by atoms with Crippen LogP contribution in [-0.2, 0) is 9.59 Å². The van der Waals surface area contributed by atoms with Crippen molar-refractivity contribution >= 4 is 18.1 Å². The molecule has 0 aliphatic heterocycles. The van der Waals surface area contributed by atoms with Crippen LogP contribution in [-0.4, -0.2) is 31.2 Å². The Balaban J connectivity index is 2.55. The van der Waals surface area contributed by atoms with E-state index in [4.69, 9.17) is 0 Å². The maximum Gasteiger partial charge on any atom is 0.251 e. The lowest BCUT2D eigenvalue weighted by atomic mass is 10.1. The Morgan fingerprint density at radius 1 is 1.26 bits per heavy atom. The lowest BCUT2D eigenvalue weighted by Gasteiger charge is -2.12. The van der Waals surface area contributed by atoms with Crippen molar-refractivity contribution in [2.24, 2.45) is 0 Å². The highest BCUT2D eigenvalue weighted by Crippen LogP contribution is 2.04. The molecule has 0 heterocycles. The number of hydrogen-bond donors (Lipinski definition) is 2. The molecule has 1 aromatic rings. The second-order valence-corrected chi connectivity index (χ2v) is 4.29. The number of nitrogens with one attached hydrogen (secondary N) is 2. The predicted molar refractivity (Wildman–Crippen MR) is 71.8 cm³/mol. The SMILES string of the molecule is CNC(=O)CCC(C=O)NC(=O)c1ccc(C)cc1. The summed E-state index contributed by atoms with van der Waals surface area (Å²) >= 11 is 0. The molecule has 1 aromatic carbocycles. The third kappa shape index (κ3) is 4.91. The van der Waals surface area contributed by atoms with Gasteiger partial charge in [0.1, 0.15) is 6.29 Å². The molecule has 0 bridgehead atoms. The minimum atomic E-state index is -0.647. The molecular formula is C14H18N2O3. The number of rotatable bonds is 6. The molecular weight excluding hydrogens is 244 g/mol. The summed E-state index contributed by atoms with van der Waals surface area (Å²) in [7, 11) is 1.53. The average Bonchev–Trinajstić information content (AvgIpc) is 2.43. The summed E-state index contributed by atoms with van der Waals surface area (Å²) in [5.74, 6) is -0.467. The van der Waals surface area contributed by atoms with Crippen LogP contribution in [0.2, 0.25) is 0 Å². The monoisotopic (exact) mass is 262 g/mol. The summed E-state index contributed by atoms with van der Waals surface area (Å²) in [6.45, 7) is 1.93. The zero-order valence-electron chi connectivity index (χ0n) is 11.1. The standard InChI is InChI=1S/C14H18N2O3/c1-10-3-5-11(6-4-10)14(19)16-12(9-17)7-8-13(18)15-2/h3-6,9,12H,7-8H2,1-2H3,(H,15,18)(H,16,19). The zero-order valence-corrected chi connectivity index (χ0v) is 11.1. The topological polar surface area (TPSA) is 75.3 Å². The molecule has 0 fully saturated rings. The molecule has 1 rings (SSSR count). The van der Waals surface area contributed by atoms with Crippen LogP contribution in [0.25, 0.3) is 0 Å². The van der Waals surface area contributed by atoms with E-state index in [1.54, 1.807) is 12.1 Å². The maximum atomic E-state index is 11.9. The predicted octanol–water partition coefficient (Wildman–Crippen LogP) is 0.819. The van der Waals surface area contributed by atoms with E-state index in [2.05, 4.69) is 10.6 Å². The van der Waals surface area contributed by atoms with Crippen molar-refractivity contribution in [3.8, 4) is 0 Å². The van der Waals surface area contributed by atoms with E-state index in [-0.39, 0.29) is 18.2 Å². The molecule has 0 spiro atoms. The van der Waals surface area contributed by atoms with Gasteiger partial charge in [-0.1, -0.05) is 17.7 Å². The highest BCUT2D eigenvalue weighted by Gasteiger charge is 2.14. The zero-order chi connectivity index (χ0) is 14.3. The Bertz CT molecular complexity index is 454. The first-order valence-electron chi connectivity index (χ1n) is 6.10. The van der Waals surface area contributed by atoms with Crippen molar-refractivity contribution in [1.29, 1.82) is 0 Å². The molecule has 1 atom stereocenters. The molecule has 19 heavy (non-hydrogen) atoms. The molecule has 5 heteroatoms. The van der Waals surface area contributed by atoms with Gasteiger partial charge in [-0.3, -0.25) is 9.59 Å². The minimum absolute atomic E-state index is 0.156. The quantitative estimate of drug-likeness (QED) is 0.745. The molecule has 0 aromatic heterocycles. The Labute approximate surface area is 112 Å². The van der Waals surface area contributed by atoms with Gasteiger partial charge in [0.25, 0.3) is 5.91 Å². The summed E-state index contributed by atoms with van der Waals surface area (Å²) in [4.78, 5) is 33.8. The number of carbonyl (C=O) groups excluding carboxylic acids is 3. The van der Waals surface area contributed by atoms with Crippen LogP contribution in [0, 0.1) is 6.92 Å². The third-order valence-electron chi connectivity index (χ3n) is 2.76. The molecule has 0 aliphatic carbocycles. The molecule has 2 N–H and O–H groups in total. The van der Waals surface area contributed by atoms with E-state index >= 15 is 0 Å². The van der Waals surface area contributed by atoms with Crippen molar-refractivity contribution in [3.63, 3.8) is 0 Å². The van der Waals surface area contributed by atoms with E-state index in [0.717, 1.165) is 5.56 Å². The Morgan fingerprint density at radius 2 is 1.89 bits per heavy atom. The first-order valence-corrected chi connectivity index (χ1v) is 6.10. The van der Waals surface area contributed by atoms with Gasteiger partial charge < -0.3 is 15.4 Å². The van der Waals surface area contributed by atoms with Gasteiger partial charge in [-0.15, -0.1) is 0 Å². The molecule has 102 valence electrons. The number of aldehydes is 1. The highest BCUT2D eigenvalue weighted by molar-refractivity contribution is 5.95. The van der Waals surface area contributed by atoms with Crippen LogP contribution in [0.15, 0.2) is 24.3 Å². The second-order valence-electron chi connectivity index (χ2n) is 4.29. The lowest BCUT2D eigenvalue weighted by molar-refractivity contribution is -0.120. The van der Waals surface area contributed by atoms with E-state index in [1.807, 2.05) is 19.1 Å². The number of amides is 2. The first-order chi connectivity index (χ1) is 9.06. The van der Waals surface area contributed by atoms with Gasteiger partial charge in [-0.25, -0.2) is 0 Å². The second kappa shape index (κ2) is 7.31. The first kappa shape index (κ1) is 14.9. The summed E-state index contributed by atoms with van der Waals surface area (Å²) in [5.41, 5.74) is 1.56. The maximum absolute atomic E-state index is 11.9. The van der Waals surface area contributed by atoms with Gasteiger partial charge in [0.15, 0.2) is 0 Å². The fraction of sp³-hybridized carbons (Fsp3) is 0.357. The van der Waals surface area contributed by atoms with Gasteiger partial charge >= 0.3 is 0 Å². The Kier molecular flexibility index (Phi) is 5.73. The van der Waals surface area contributed by atoms with Crippen LogP contribution in [0.1, 0.15) is 28.8 Å². The van der Waals surface area contributed by atoms with Crippen LogP contribution in [0.5, 0.6) is 0 Å². The van der Waals surface area contributed by atoms with Crippen LogP contribution >= 0.6 is 0 Å². The van der Waals surface area contributed by atoms with Crippen LogP contribution in [0.4, 0.5) is 0 Å². The van der Waals surface area contributed by atoms with Crippen molar-refractivity contribution in [1.82, 2.24) is 10.6 Å². The lowest BCUT2D eigenvalue weighted by Crippen LogP contribution is -2.37. The van der Waals surface area contributed by atoms with Crippen LogP contribution in [0.3, 0.4) is 0 Å². The number of hydrogen-bond acceptors (Lipinski definition) is 3. The minimum Gasteiger partial charge on any atom is -0.359 e. The molecule has 0 saturated heterocycles. The molecule has 1 unspecified atom stereocenters. The number of benzene rings is 1. The van der Waals surface area contributed by atoms with Gasteiger partial charge in [-0.05, 0) is 25.5 Å². The summed E-state index contributed by atoms with van der Waals surface area (Å²) in [6, 6.07) is 6.41. The van der Waals surface area contributed by atoms with Crippen molar-refractivity contribution in [3.05, 3.63) is 35.4 Å². The molecule has 2 amide bonds. The third-order valence-corrected chi connectivity index (χ3v) is 2.76. The fourth-order valence-electron chi connectivity index (χ4n) is 1.54. The molecule has 0 radical (unpaired) electrons. The van der Waals surface area contributed by atoms with E-state index < -0.39 is 6.04 Å². The largest absolute Gasteiger partial charge is 0.359 e. The fourth-order valence-corrected chi connectivity index (χ4v) is 1.54. The number of carbonyl (C=O) groups is 3. The van der Waals surface area contributed by atoms with Gasteiger partial charge in [0.05, 0.1) is 6.04 Å². The van der Waals surface area contributed by atoms with E-state index in [0.29, 0.717) is 18.3 Å². The molecule has 0 aliphatic rings. The highest BCUT2D eigenvalue weighted by atomic mass is 16.2. The summed E-state index contributed by atoms with van der Waals surface area (Å²) in [5, 5.41) is 5.06. The van der Waals surface area contributed by atoms with Gasteiger partial charge in [0.2, 0.25) is 5.91 Å². The van der Waals surface area contributed by atoms with Crippen molar-refractivity contribution < 1.29 is 14.4 Å². The van der Waals surface area contributed by atoms with E-state index in [9.17, 15) is 14.4 Å². The van der Waals surface area contributed by atoms with E-state index in [1.165, 1.54) is 7.05 Å². The molecule has 0 saturated carbocycles. The normalized spacial score (nSPS) is 11.5. The van der Waals surface area contributed by atoms with Crippen molar-refractivity contribution in [2.75, 3.05) is 7.05 Å². The molecule has 5 nitrogen and oxygen atoms in total. The Morgan fingerprint density at radius 3 is 2.42 bits per heavy atom. The van der Waals surface area contributed by atoms with Gasteiger partial charge in [0, 0.05) is 19.0 Å².